The number of H-pyrrole nitrogens is 1. The van der Waals surface area contributed by atoms with Crippen molar-refractivity contribution >= 4 is 0 Å². The lowest BCUT2D eigenvalue weighted by Gasteiger charge is -2.11. The van der Waals surface area contributed by atoms with E-state index in [1.54, 1.807) is 12.5 Å². The van der Waals surface area contributed by atoms with Gasteiger partial charge in [0, 0.05) is 17.7 Å². The molecule has 0 atom stereocenters. The van der Waals surface area contributed by atoms with Gasteiger partial charge in [0.05, 0.1) is 18.2 Å². The summed E-state index contributed by atoms with van der Waals surface area (Å²) in [6, 6.07) is 11.4. The van der Waals surface area contributed by atoms with E-state index in [1.165, 1.54) is 6.07 Å². The smallest absolute Gasteiger partial charge is 0.251 e. The Morgan fingerprint density at radius 2 is 1.95 bits per heavy atom. The summed E-state index contributed by atoms with van der Waals surface area (Å²) in [5.41, 5.74) is 2.21. The summed E-state index contributed by atoms with van der Waals surface area (Å²) >= 11 is 0. The van der Waals surface area contributed by atoms with Crippen LogP contribution < -0.4 is 5.56 Å². The summed E-state index contributed by atoms with van der Waals surface area (Å²) < 4.78 is 1.98. The van der Waals surface area contributed by atoms with Crippen molar-refractivity contribution in [1.82, 2.24) is 19.5 Å². The molecule has 5 heteroatoms. The summed E-state index contributed by atoms with van der Waals surface area (Å²) in [5.74, 6) is 0.535. The van der Waals surface area contributed by atoms with E-state index in [1.807, 2.05) is 34.9 Å². The molecule has 0 aliphatic heterocycles. The summed E-state index contributed by atoms with van der Waals surface area (Å²) in [4.78, 5) is 23.4. The zero-order valence-electron chi connectivity index (χ0n) is 11.9. The Balaban J connectivity index is 2.15. The largest absolute Gasteiger partial charge is 0.326 e. The summed E-state index contributed by atoms with van der Waals surface area (Å²) in [6.07, 6.45) is 3.46. The first kappa shape index (κ1) is 13.3. The normalized spacial score (nSPS) is 11.0. The van der Waals surface area contributed by atoms with Crippen LogP contribution in [0.15, 0.2) is 53.7 Å². The molecule has 0 aliphatic rings. The van der Waals surface area contributed by atoms with Crippen molar-refractivity contribution in [3.8, 4) is 22.8 Å². The molecule has 0 spiro atoms. The third-order valence-electron chi connectivity index (χ3n) is 3.28. The minimum Gasteiger partial charge on any atom is -0.326 e. The van der Waals surface area contributed by atoms with Crippen molar-refractivity contribution in [3.63, 3.8) is 0 Å². The van der Waals surface area contributed by atoms with Gasteiger partial charge in [-0.3, -0.25) is 4.79 Å². The number of aromatic amines is 1. The van der Waals surface area contributed by atoms with Gasteiger partial charge in [-0.2, -0.15) is 0 Å². The van der Waals surface area contributed by atoms with Crippen molar-refractivity contribution in [2.24, 2.45) is 0 Å². The molecule has 3 rings (SSSR count). The second kappa shape index (κ2) is 5.36. The molecule has 21 heavy (non-hydrogen) atoms. The predicted molar refractivity (Wildman–Crippen MR) is 81.9 cm³/mol. The van der Waals surface area contributed by atoms with Crippen LogP contribution in [-0.2, 0) is 0 Å². The van der Waals surface area contributed by atoms with Gasteiger partial charge in [0.15, 0.2) is 5.82 Å². The quantitative estimate of drug-likeness (QED) is 0.802. The lowest BCUT2D eigenvalue weighted by Crippen LogP contribution is -2.11. The molecule has 1 aromatic carbocycles. The molecule has 0 amide bonds. The molecule has 5 nitrogen and oxygen atoms in total. The minimum absolute atomic E-state index is 0.171. The third kappa shape index (κ3) is 2.63. The van der Waals surface area contributed by atoms with Gasteiger partial charge < -0.3 is 9.55 Å². The molecule has 0 bridgehead atoms. The maximum atomic E-state index is 11.9. The van der Waals surface area contributed by atoms with E-state index in [2.05, 4.69) is 28.8 Å². The number of nitrogens with zero attached hydrogens (tertiary/aromatic N) is 3. The van der Waals surface area contributed by atoms with Crippen LogP contribution in [0.1, 0.15) is 19.9 Å². The molecule has 2 aromatic heterocycles. The zero-order chi connectivity index (χ0) is 14.8. The lowest BCUT2D eigenvalue weighted by molar-refractivity contribution is 0.603. The highest BCUT2D eigenvalue weighted by molar-refractivity contribution is 5.61. The minimum atomic E-state index is -0.171. The Morgan fingerprint density at radius 3 is 2.67 bits per heavy atom. The maximum absolute atomic E-state index is 11.9. The predicted octanol–water partition coefficient (Wildman–Crippen LogP) is 2.88. The van der Waals surface area contributed by atoms with Crippen LogP contribution in [-0.4, -0.2) is 19.5 Å². The van der Waals surface area contributed by atoms with Crippen LogP contribution in [0.5, 0.6) is 0 Å². The van der Waals surface area contributed by atoms with E-state index in [9.17, 15) is 4.79 Å². The van der Waals surface area contributed by atoms with Crippen LogP contribution in [0.3, 0.4) is 0 Å². The molecule has 1 N–H and O–H groups in total. The zero-order valence-corrected chi connectivity index (χ0v) is 11.9. The van der Waals surface area contributed by atoms with E-state index in [-0.39, 0.29) is 11.6 Å². The van der Waals surface area contributed by atoms with Gasteiger partial charge in [0.2, 0.25) is 0 Å². The van der Waals surface area contributed by atoms with Crippen LogP contribution in [0, 0.1) is 0 Å². The Kier molecular flexibility index (Phi) is 3.39. The highest BCUT2D eigenvalue weighted by atomic mass is 16.1. The molecular formula is C16H16N4O. The van der Waals surface area contributed by atoms with E-state index in [0.29, 0.717) is 11.5 Å². The Hall–Kier alpha value is -2.69. The number of benzene rings is 1. The highest BCUT2D eigenvalue weighted by Gasteiger charge is 2.12. The van der Waals surface area contributed by atoms with Gasteiger partial charge in [0.25, 0.3) is 5.56 Å². The van der Waals surface area contributed by atoms with Gasteiger partial charge >= 0.3 is 0 Å². The van der Waals surface area contributed by atoms with Crippen molar-refractivity contribution in [2.45, 2.75) is 19.9 Å². The first-order valence-corrected chi connectivity index (χ1v) is 6.84. The van der Waals surface area contributed by atoms with Crippen LogP contribution >= 0.6 is 0 Å². The maximum Gasteiger partial charge on any atom is 0.251 e. The van der Waals surface area contributed by atoms with E-state index in [4.69, 9.17) is 0 Å². The molecule has 2 heterocycles. The van der Waals surface area contributed by atoms with Crippen molar-refractivity contribution in [1.29, 1.82) is 0 Å². The van der Waals surface area contributed by atoms with Gasteiger partial charge in [-0.25, -0.2) is 9.97 Å². The number of hydrogen-bond acceptors (Lipinski definition) is 3. The molecule has 106 valence electrons. The summed E-state index contributed by atoms with van der Waals surface area (Å²) in [6.45, 7) is 4.12. The van der Waals surface area contributed by atoms with Gasteiger partial charge in [-0.05, 0) is 13.8 Å². The third-order valence-corrected chi connectivity index (χ3v) is 3.28. The Bertz CT molecular complexity index is 802. The molecule has 0 saturated carbocycles. The van der Waals surface area contributed by atoms with Gasteiger partial charge in [-0.1, -0.05) is 30.3 Å². The second-order valence-electron chi connectivity index (χ2n) is 5.13. The number of hydrogen-bond donors (Lipinski definition) is 1. The lowest BCUT2D eigenvalue weighted by atomic mass is 10.1. The fraction of sp³-hybridized carbons (Fsp3) is 0.188. The Labute approximate surface area is 122 Å². The van der Waals surface area contributed by atoms with E-state index >= 15 is 0 Å². The van der Waals surface area contributed by atoms with E-state index in [0.717, 1.165) is 11.3 Å². The fourth-order valence-electron chi connectivity index (χ4n) is 2.24. The summed E-state index contributed by atoms with van der Waals surface area (Å²) in [7, 11) is 0. The first-order valence-electron chi connectivity index (χ1n) is 6.84. The van der Waals surface area contributed by atoms with Crippen LogP contribution in [0.2, 0.25) is 0 Å². The standard InChI is InChI=1S/C16H16N4O/c1-11(2)20-10-17-9-14(20)16-18-13(8-15(21)19-16)12-6-4-3-5-7-12/h3-11H,1-2H3,(H,18,19,21). The topological polar surface area (TPSA) is 63.6 Å². The second-order valence-corrected chi connectivity index (χ2v) is 5.13. The van der Waals surface area contributed by atoms with Crippen molar-refractivity contribution in [2.75, 3.05) is 0 Å². The molecule has 0 unspecified atom stereocenters. The van der Waals surface area contributed by atoms with Crippen LogP contribution in [0.25, 0.3) is 22.8 Å². The van der Waals surface area contributed by atoms with Crippen LogP contribution in [0.4, 0.5) is 0 Å². The molecule has 0 aliphatic carbocycles. The SMILES string of the molecule is CC(C)n1cncc1-c1nc(-c2ccccc2)cc(=O)[nH]1. The molecule has 0 saturated heterocycles. The number of aromatic nitrogens is 4. The molecule has 0 fully saturated rings. The molecular weight excluding hydrogens is 264 g/mol. The van der Waals surface area contributed by atoms with Gasteiger partial charge in [0.1, 0.15) is 5.69 Å². The summed E-state index contributed by atoms with van der Waals surface area (Å²) in [5, 5.41) is 0. The molecule has 3 aromatic rings. The number of imidazole rings is 1. The van der Waals surface area contributed by atoms with E-state index < -0.39 is 0 Å². The average molecular weight is 280 g/mol. The first-order chi connectivity index (χ1) is 10.1. The number of nitrogens with one attached hydrogen (secondary N) is 1. The highest BCUT2D eigenvalue weighted by Crippen LogP contribution is 2.21. The van der Waals surface area contributed by atoms with Gasteiger partial charge in [-0.15, -0.1) is 0 Å². The average Bonchev–Trinajstić information content (AvgIpc) is 2.97. The monoisotopic (exact) mass is 280 g/mol. The molecule has 0 radical (unpaired) electrons. The van der Waals surface area contributed by atoms with Crippen molar-refractivity contribution in [3.05, 3.63) is 59.3 Å². The Morgan fingerprint density at radius 1 is 1.19 bits per heavy atom. The van der Waals surface area contributed by atoms with Crippen molar-refractivity contribution < 1.29 is 0 Å². The fourth-order valence-corrected chi connectivity index (χ4v) is 2.24. The number of rotatable bonds is 3.